The third kappa shape index (κ3) is 7.68. The summed E-state index contributed by atoms with van der Waals surface area (Å²) in [6, 6.07) is 30.8. The molecule has 8 heteroatoms. The number of nitrogens with one attached hydrogen (secondary N) is 2. The van der Waals surface area contributed by atoms with E-state index in [9.17, 15) is 9.90 Å². The van der Waals surface area contributed by atoms with E-state index >= 15 is 0 Å². The maximum absolute atomic E-state index is 12.4. The first-order valence-electron chi connectivity index (χ1n) is 12.9. The standard InChI is InChI=1S/C31H31N3O4S/c35-20-23-9-11-24(12-10-23)28-18-27(21-39-29-8-4-5-17-32-29)37-30(38-28)25-13-15-26(16-14-25)34-31(36)33-19-22-6-2-1-3-7-22/h1-17,27-28,30,35H,18-21H2,(H2,33,34,36). The third-order valence-electron chi connectivity index (χ3n) is 6.41. The average Bonchev–Trinajstić information content (AvgIpc) is 3.00. The van der Waals surface area contributed by atoms with Gasteiger partial charge in [0.05, 0.1) is 23.8 Å². The van der Waals surface area contributed by atoms with Gasteiger partial charge in [-0.3, -0.25) is 0 Å². The van der Waals surface area contributed by atoms with Crippen LogP contribution in [0.1, 0.15) is 41.1 Å². The number of benzene rings is 3. The number of ether oxygens (including phenoxy) is 2. The van der Waals surface area contributed by atoms with Gasteiger partial charge in [-0.25, -0.2) is 9.78 Å². The lowest BCUT2D eigenvalue weighted by Crippen LogP contribution is -2.31. The number of aliphatic hydroxyl groups excluding tert-OH is 1. The number of hydrogen-bond donors (Lipinski definition) is 3. The van der Waals surface area contributed by atoms with Gasteiger partial charge in [0.25, 0.3) is 0 Å². The van der Waals surface area contributed by atoms with Crippen molar-refractivity contribution in [2.45, 2.75) is 43.1 Å². The summed E-state index contributed by atoms with van der Waals surface area (Å²) in [5, 5.41) is 16.1. The van der Waals surface area contributed by atoms with Gasteiger partial charge in [0.1, 0.15) is 0 Å². The number of carbonyl (C=O) groups excluding carboxylic acids is 1. The molecule has 1 fully saturated rings. The number of urea groups is 1. The summed E-state index contributed by atoms with van der Waals surface area (Å²) in [4.78, 5) is 16.8. The number of thioether (sulfide) groups is 1. The molecule has 1 saturated heterocycles. The Morgan fingerprint density at radius 3 is 2.33 bits per heavy atom. The fourth-order valence-electron chi connectivity index (χ4n) is 4.31. The Hall–Kier alpha value is -3.69. The average molecular weight is 542 g/mol. The number of amides is 2. The predicted octanol–water partition coefficient (Wildman–Crippen LogP) is 6.23. The van der Waals surface area contributed by atoms with Crippen LogP contribution in [0.15, 0.2) is 108 Å². The number of anilines is 1. The minimum atomic E-state index is -0.559. The molecule has 0 radical (unpaired) electrons. The molecule has 7 nitrogen and oxygen atoms in total. The molecule has 3 N–H and O–H groups in total. The van der Waals surface area contributed by atoms with Crippen molar-refractivity contribution < 1.29 is 19.4 Å². The van der Waals surface area contributed by atoms with Gasteiger partial charge in [-0.05, 0) is 41.0 Å². The second-order valence-corrected chi connectivity index (χ2v) is 10.3. The van der Waals surface area contributed by atoms with Crippen molar-refractivity contribution in [2.24, 2.45) is 0 Å². The zero-order chi connectivity index (χ0) is 26.9. The molecule has 0 bridgehead atoms. The Labute approximate surface area is 232 Å². The maximum Gasteiger partial charge on any atom is 0.319 e. The molecule has 5 rings (SSSR count). The van der Waals surface area contributed by atoms with Crippen LogP contribution < -0.4 is 10.6 Å². The normalized spacial score (nSPS) is 18.8. The fraction of sp³-hybridized carbons (Fsp3) is 0.226. The van der Waals surface area contributed by atoms with E-state index in [1.165, 1.54) is 0 Å². The predicted molar refractivity (Wildman–Crippen MR) is 152 cm³/mol. The molecule has 2 amide bonds. The van der Waals surface area contributed by atoms with Crippen molar-refractivity contribution in [3.63, 3.8) is 0 Å². The Morgan fingerprint density at radius 1 is 0.872 bits per heavy atom. The molecule has 1 aliphatic rings. The Balaban J connectivity index is 1.24. The summed E-state index contributed by atoms with van der Waals surface area (Å²) in [7, 11) is 0. The molecule has 1 aromatic heterocycles. The van der Waals surface area contributed by atoms with E-state index < -0.39 is 6.29 Å². The van der Waals surface area contributed by atoms with Crippen LogP contribution in [0.25, 0.3) is 0 Å². The molecule has 0 aliphatic carbocycles. The van der Waals surface area contributed by atoms with E-state index in [4.69, 9.17) is 9.47 Å². The van der Waals surface area contributed by atoms with Crippen molar-refractivity contribution >= 4 is 23.5 Å². The largest absolute Gasteiger partial charge is 0.392 e. The first-order valence-corrected chi connectivity index (χ1v) is 13.9. The van der Waals surface area contributed by atoms with Gasteiger partial charge < -0.3 is 25.2 Å². The van der Waals surface area contributed by atoms with E-state index in [2.05, 4.69) is 15.6 Å². The van der Waals surface area contributed by atoms with Crippen LogP contribution in [0.4, 0.5) is 10.5 Å². The number of aromatic nitrogens is 1. The van der Waals surface area contributed by atoms with Gasteiger partial charge in [-0.1, -0.05) is 72.8 Å². The first kappa shape index (κ1) is 26.9. The van der Waals surface area contributed by atoms with Crippen molar-refractivity contribution in [3.8, 4) is 0 Å². The van der Waals surface area contributed by atoms with Gasteiger partial charge in [-0.2, -0.15) is 0 Å². The van der Waals surface area contributed by atoms with Crippen LogP contribution in [-0.2, 0) is 22.6 Å². The van der Waals surface area contributed by atoms with E-state index in [0.717, 1.165) is 33.0 Å². The first-order chi connectivity index (χ1) is 19.2. The highest BCUT2D eigenvalue weighted by molar-refractivity contribution is 7.99. The molecule has 0 spiro atoms. The van der Waals surface area contributed by atoms with Crippen LogP contribution in [0.5, 0.6) is 0 Å². The number of nitrogens with zero attached hydrogens (tertiary/aromatic N) is 1. The molecule has 3 atom stereocenters. The van der Waals surface area contributed by atoms with E-state index in [-0.39, 0.29) is 24.8 Å². The lowest BCUT2D eigenvalue weighted by Gasteiger charge is -2.36. The molecule has 39 heavy (non-hydrogen) atoms. The second kappa shape index (κ2) is 13.4. The van der Waals surface area contributed by atoms with Gasteiger partial charge >= 0.3 is 6.03 Å². The number of carbonyl (C=O) groups is 1. The van der Waals surface area contributed by atoms with Crippen LogP contribution >= 0.6 is 11.8 Å². The molecular formula is C31H31N3O4S. The Bertz CT molecular complexity index is 1320. The van der Waals surface area contributed by atoms with Gasteiger partial charge in [0.15, 0.2) is 6.29 Å². The van der Waals surface area contributed by atoms with Crippen molar-refractivity contribution in [1.82, 2.24) is 10.3 Å². The number of rotatable bonds is 9. The zero-order valence-corrected chi connectivity index (χ0v) is 22.2. The Kier molecular flexibility index (Phi) is 9.24. The van der Waals surface area contributed by atoms with E-state index in [1.807, 2.05) is 97.1 Å². The van der Waals surface area contributed by atoms with Crippen molar-refractivity contribution in [1.29, 1.82) is 0 Å². The van der Waals surface area contributed by atoms with Gasteiger partial charge in [-0.15, -0.1) is 11.8 Å². The van der Waals surface area contributed by atoms with Crippen molar-refractivity contribution in [2.75, 3.05) is 11.1 Å². The molecule has 4 aromatic rings. The lowest BCUT2D eigenvalue weighted by molar-refractivity contribution is -0.245. The van der Waals surface area contributed by atoms with E-state index in [0.29, 0.717) is 18.7 Å². The summed E-state index contributed by atoms with van der Waals surface area (Å²) < 4.78 is 12.8. The minimum Gasteiger partial charge on any atom is -0.392 e. The molecule has 3 aromatic carbocycles. The molecule has 200 valence electrons. The molecule has 0 saturated carbocycles. The summed E-state index contributed by atoms with van der Waals surface area (Å²) in [5.74, 6) is 0.739. The highest BCUT2D eigenvalue weighted by Crippen LogP contribution is 2.39. The number of aliphatic hydroxyl groups is 1. The Morgan fingerprint density at radius 2 is 1.62 bits per heavy atom. The van der Waals surface area contributed by atoms with Crippen LogP contribution in [-0.4, -0.2) is 28.0 Å². The SMILES string of the molecule is O=C(NCc1ccccc1)Nc1ccc(C2OC(CSc3ccccn3)CC(c3ccc(CO)cc3)O2)cc1. The maximum atomic E-state index is 12.4. The van der Waals surface area contributed by atoms with Crippen LogP contribution in [0.3, 0.4) is 0 Å². The van der Waals surface area contributed by atoms with E-state index in [1.54, 1.807) is 18.0 Å². The van der Waals surface area contributed by atoms with Gasteiger partial charge in [0.2, 0.25) is 0 Å². The highest BCUT2D eigenvalue weighted by Gasteiger charge is 2.32. The number of hydrogen-bond acceptors (Lipinski definition) is 6. The minimum absolute atomic E-state index is 0.00550. The van der Waals surface area contributed by atoms with Gasteiger partial charge in [0, 0.05) is 36.2 Å². The summed E-state index contributed by atoms with van der Waals surface area (Å²) in [6.45, 7) is 0.457. The van der Waals surface area contributed by atoms with Crippen LogP contribution in [0.2, 0.25) is 0 Å². The lowest BCUT2D eigenvalue weighted by atomic mass is 10.0. The van der Waals surface area contributed by atoms with Crippen LogP contribution in [0, 0.1) is 0 Å². The zero-order valence-electron chi connectivity index (χ0n) is 21.4. The fourth-order valence-corrected chi connectivity index (χ4v) is 5.19. The molecular weight excluding hydrogens is 510 g/mol. The topological polar surface area (TPSA) is 92.7 Å². The monoisotopic (exact) mass is 541 g/mol. The summed E-state index contributed by atoms with van der Waals surface area (Å²) >= 11 is 1.66. The highest BCUT2D eigenvalue weighted by atomic mass is 32.2. The third-order valence-corrected chi connectivity index (χ3v) is 7.48. The quantitative estimate of drug-likeness (QED) is 0.218. The summed E-state index contributed by atoms with van der Waals surface area (Å²) in [5.41, 5.74) is 4.49. The van der Waals surface area contributed by atoms with Crippen molar-refractivity contribution in [3.05, 3.63) is 126 Å². The molecule has 2 heterocycles. The smallest absolute Gasteiger partial charge is 0.319 e. The summed E-state index contributed by atoms with van der Waals surface area (Å²) in [6.07, 6.45) is 1.72. The second-order valence-electron chi connectivity index (χ2n) is 9.24. The number of pyridine rings is 1. The molecule has 3 unspecified atom stereocenters. The molecule has 1 aliphatic heterocycles.